The van der Waals surface area contributed by atoms with Crippen molar-refractivity contribution in [2.75, 3.05) is 12.4 Å². The molecular weight excluding hydrogens is 462 g/mol. The highest BCUT2D eigenvalue weighted by atomic mass is 32.1. The molecular formula is C27H25N3O4S. The van der Waals surface area contributed by atoms with Crippen molar-refractivity contribution in [3.63, 3.8) is 0 Å². The maximum atomic E-state index is 12.4. The number of anilines is 1. The number of aromatic nitrogens is 1. The first kappa shape index (κ1) is 24.0. The number of hydrogen-bond donors (Lipinski definition) is 2. The van der Waals surface area contributed by atoms with Gasteiger partial charge in [-0.3, -0.25) is 14.9 Å². The summed E-state index contributed by atoms with van der Waals surface area (Å²) in [5.74, 6) is 0.839. The van der Waals surface area contributed by atoms with Gasteiger partial charge in [-0.05, 0) is 35.4 Å². The Balaban J connectivity index is 1.27. The van der Waals surface area contributed by atoms with Gasteiger partial charge in [0, 0.05) is 17.5 Å². The van der Waals surface area contributed by atoms with Crippen LogP contribution >= 0.6 is 11.3 Å². The second-order valence-corrected chi connectivity index (χ2v) is 8.54. The Labute approximate surface area is 207 Å². The van der Waals surface area contributed by atoms with E-state index >= 15 is 0 Å². The molecule has 0 spiro atoms. The first-order valence-electron chi connectivity index (χ1n) is 11.0. The lowest BCUT2D eigenvalue weighted by molar-refractivity contribution is -0.120. The molecule has 0 aliphatic carbocycles. The minimum Gasteiger partial charge on any atom is -0.493 e. The molecule has 0 bridgehead atoms. The monoisotopic (exact) mass is 487 g/mol. The van der Waals surface area contributed by atoms with Crippen LogP contribution in [0.15, 0.2) is 84.2 Å². The van der Waals surface area contributed by atoms with E-state index in [9.17, 15) is 9.59 Å². The summed E-state index contributed by atoms with van der Waals surface area (Å²) < 4.78 is 11.3. The molecule has 1 heterocycles. The number of carbonyl (C=O) groups excluding carboxylic acids is 2. The molecule has 0 fully saturated rings. The smallest absolute Gasteiger partial charge is 0.257 e. The van der Waals surface area contributed by atoms with Crippen LogP contribution in [-0.2, 0) is 24.4 Å². The SMILES string of the molecule is COc1cc(CNC(=O)Cc2csc(NC(=O)c3ccccc3)n2)ccc1OCc1ccccc1. The zero-order valence-electron chi connectivity index (χ0n) is 19.2. The highest BCUT2D eigenvalue weighted by Crippen LogP contribution is 2.29. The molecule has 0 saturated heterocycles. The van der Waals surface area contributed by atoms with Gasteiger partial charge in [0.1, 0.15) is 6.61 Å². The molecule has 0 saturated carbocycles. The molecule has 0 atom stereocenters. The summed E-state index contributed by atoms with van der Waals surface area (Å²) in [6.07, 6.45) is 0.118. The van der Waals surface area contributed by atoms with Gasteiger partial charge in [-0.15, -0.1) is 11.3 Å². The summed E-state index contributed by atoms with van der Waals surface area (Å²) in [7, 11) is 1.59. The Morgan fingerprint density at radius 2 is 1.66 bits per heavy atom. The van der Waals surface area contributed by atoms with Gasteiger partial charge in [-0.1, -0.05) is 54.6 Å². The largest absolute Gasteiger partial charge is 0.493 e. The summed E-state index contributed by atoms with van der Waals surface area (Å²) >= 11 is 1.28. The Hall–Kier alpha value is -4.17. The minimum atomic E-state index is -0.235. The number of rotatable bonds is 10. The van der Waals surface area contributed by atoms with Crippen LogP contribution in [0.5, 0.6) is 11.5 Å². The Bertz CT molecular complexity index is 1280. The third kappa shape index (κ3) is 6.91. The number of thiazole rings is 1. The lowest BCUT2D eigenvalue weighted by Crippen LogP contribution is -2.24. The van der Waals surface area contributed by atoms with Gasteiger partial charge in [-0.2, -0.15) is 0 Å². The van der Waals surface area contributed by atoms with Crippen molar-refractivity contribution in [1.82, 2.24) is 10.3 Å². The third-order valence-corrected chi connectivity index (χ3v) is 5.91. The fourth-order valence-corrected chi connectivity index (χ4v) is 4.01. The molecule has 35 heavy (non-hydrogen) atoms. The molecule has 8 heteroatoms. The molecule has 3 aromatic carbocycles. The van der Waals surface area contributed by atoms with Crippen molar-refractivity contribution in [2.45, 2.75) is 19.6 Å². The molecule has 4 rings (SSSR count). The van der Waals surface area contributed by atoms with Crippen LogP contribution in [0.3, 0.4) is 0 Å². The van der Waals surface area contributed by atoms with E-state index in [2.05, 4.69) is 15.6 Å². The van der Waals surface area contributed by atoms with Crippen molar-refractivity contribution < 1.29 is 19.1 Å². The molecule has 2 N–H and O–H groups in total. The van der Waals surface area contributed by atoms with E-state index in [4.69, 9.17) is 9.47 Å². The van der Waals surface area contributed by atoms with Crippen LogP contribution in [0, 0.1) is 0 Å². The van der Waals surface area contributed by atoms with E-state index in [1.807, 2.05) is 54.6 Å². The van der Waals surface area contributed by atoms with E-state index in [0.29, 0.717) is 41.0 Å². The third-order valence-electron chi connectivity index (χ3n) is 5.10. The molecule has 2 amide bonds. The van der Waals surface area contributed by atoms with Gasteiger partial charge in [-0.25, -0.2) is 4.98 Å². The van der Waals surface area contributed by atoms with E-state index in [0.717, 1.165) is 11.1 Å². The summed E-state index contributed by atoms with van der Waals surface area (Å²) in [4.78, 5) is 29.0. The fraction of sp³-hybridized carbons (Fsp3) is 0.148. The highest BCUT2D eigenvalue weighted by molar-refractivity contribution is 7.14. The van der Waals surface area contributed by atoms with E-state index in [-0.39, 0.29) is 18.2 Å². The minimum absolute atomic E-state index is 0.118. The van der Waals surface area contributed by atoms with Gasteiger partial charge >= 0.3 is 0 Å². The highest BCUT2D eigenvalue weighted by Gasteiger charge is 2.12. The summed E-state index contributed by atoms with van der Waals surface area (Å²) in [6, 6.07) is 24.4. The van der Waals surface area contributed by atoms with Gasteiger partial charge in [0.05, 0.1) is 19.2 Å². The van der Waals surface area contributed by atoms with Gasteiger partial charge < -0.3 is 14.8 Å². The summed E-state index contributed by atoms with van der Waals surface area (Å²) in [6.45, 7) is 0.782. The predicted octanol–water partition coefficient (Wildman–Crippen LogP) is 4.84. The van der Waals surface area contributed by atoms with Gasteiger partial charge in [0.25, 0.3) is 5.91 Å². The average Bonchev–Trinajstić information content (AvgIpc) is 3.33. The molecule has 4 aromatic rings. The first-order valence-corrected chi connectivity index (χ1v) is 11.9. The Morgan fingerprint density at radius 3 is 2.40 bits per heavy atom. The van der Waals surface area contributed by atoms with Crippen LogP contribution in [0.2, 0.25) is 0 Å². The number of benzene rings is 3. The number of ether oxygens (including phenoxy) is 2. The number of methoxy groups -OCH3 is 1. The fourth-order valence-electron chi connectivity index (χ4n) is 3.31. The normalized spacial score (nSPS) is 10.4. The van der Waals surface area contributed by atoms with Gasteiger partial charge in [0.2, 0.25) is 5.91 Å². The Kier molecular flexibility index (Phi) is 8.08. The number of carbonyl (C=O) groups is 2. The maximum Gasteiger partial charge on any atom is 0.257 e. The van der Waals surface area contributed by atoms with E-state index in [1.54, 1.807) is 36.8 Å². The molecule has 0 radical (unpaired) electrons. The molecule has 0 aliphatic heterocycles. The molecule has 7 nitrogen and oxygen atoms in total. The van der Waals surface area contributed by atoms with Crippen molar-refractivity contribution in [1.29, 1.82) is 0 Å². The lowest BCUT2D eigenvalue weighted by atomic mass is 10.2. The molecule has 1 aromatic heterocycles. The zero-order valence-corrected chi connectivity index (χ0v) is 20.0. The lowest BCUT2D eigenvalue weighted by Gasteiger charge is -2.13. The van der Waals surface area contributed by atoms with Crippen molar-refractivity contribution in [3.8, 4) is 11.5 Å². The second-order valence-electron chi connectivity index (χ2n) is 7.68. The quantitative estimate of drug-likeness (QED) is 0.334. The van der Waals surface area contributed by atoms with Crippen molar-refractivity contribution in [3.05, 3.63) is 107 Å². The summed E-state index contributed by atoms with van der Waals surface area (Å²) in [5, 5.41) is 7.88. The number of nitrogens with one attached hydrogen (secondary N) is 2. The first-order chi connectivity index (χ1) is 17.1. The standard InChI is InChI=1S/C27H25N3O4S/c1-33-24-14-20(12-13-23(24)34-17-19-8-4-2-5-9-19)16-28-25(31)15-22-18-35-27(29-22)30-26(32)21-10-6-3-7-11-21/h2-14,18H,15-17H2,1H3,(H,28,31)(H,29,30,32). The topological polar surface area (TPSA) is 89.6 Å². The van der Waals surface area contributed by atoms with Gasteiger partial charge in [0.15, 0.2) is 16.6 Å². The summed E-state index contributed by atoms with van der Waals surface area (Å²) in [5.41, 5.74) is 3.10. The molecule has 0 aliphatic rings. The number of hydrogen-bond acceptors (Lipinski definition) is 6. The zero-order chi connectivity index (χ0) is 24.5. The van der Waals surface area contributed by atoms with Crippen LogP contribution in [-0.4, -0.2) is 23.9 Å². The maximum absolute atomic E-state index is 12.4. The van der Waals surface area contributed by atoms with E-state index in [1.165, 1.54) is 11.3 Å². The van der Waals surface area contributed by atoms with E-state index < -0.39 is 0 Å². The Morgan fingerprint density at radius 1 is 0.914 bits per heavy atom. The van der Waals surface area contributed by atoms with Crippen LogP contribution in [0.25, 0.3) is 0 Å². The second kappa shape index (κ2) is 11.8. The van der Waals surface area contributed by atoms with Crippen molar-refractivity contribution in [2.24, 2.45) is 0 Å². The molecule has 0 unspecified atom stereocenters. The van der Waals surface area contributed by atoms with Crippen LogP contribution in [0.1, 0.15) is 27.2 Å². The average molecular weight is 488 g/mol. The molecule has 178 valence electrons. The van der Waals surface area contributed by atoms with Crippen LogP contribution < -0.4 is 20.1 Å². The van der Waals surface area contributed by atoms with Crippen LogP contribution in [0.4, 0.5) is 5.13 Å². The van der Waals surface area contributed by atoms with Crippen molar-refractivity contribution >= 4 is 28.3 Å². The predicted molar refractivity (Wildman–Crippen MR) is 136 cm³/mol. The number of amides is 2. The number of nitrogens with zero attached hydrogens (tertiary/aromatic N) is 1.